The highest BCUT2D eigenvalue weighted by molar-refractivity contribution is 6.42. The third kappa shape index (κ3) is 6.70. The van der Waals surface area contributed by atoms with E-state index in [1.807, 2.05) is 0 Å². The Hall–Kier alpha value is -6.50. The van der Waals surface area contributed by atoms with Crippen LogP contribution in [0, 0.1) is 0 Å². The fraction of sp³-hybridized carbons (Fsp3) is 0.242. The molecule has 0 N–H and O–H groups in total. The standard InChI is InChI=1S/C66H62/c1-63(2,3)43-21-13-39(14-22-43)55-37-56(40-15-23-44(24-16-40)64(4,5)6)52-34-30-48-50-32-36-54-58(42-19-27-46(28-20-42)66(10,11)12)38-57(41-17-25-45(26-18-41)65(7,8)9)53-35-31-49(60(50)62(53)54)47-29-33-51(55)61(52)59(47)48/h13-38H,1-12H3. The molecule has 0 aliphatic carbocycles. The Morgan fingerprint density at radius 2 is 0.364 bits per heavy atom. The molecular weight excluding hydrogens is 793 g/mol. The molecule has 11 aromatic carbocycles. The van der Waals surface area contributed by atoms with Crippen LogP contribution in [0.2, 0.25) is 0 Å². The van der Waals surface area contributed by atoms with Gasteiger partial charge in [-0.15, -0.1) is 0 Å². The molecule has 0 aliphatic heterocycles. The van der Waals surface area contributed by atoms with E-state index < -0.39 is 0 Å². The first kappa shape index (κ1) is 42.2. The average molecular weight is 855 g/mol. The Bertz CT molecular complexity index is 3160. The van der Waals surface area contributed by atoms with E-state index in [1.54, 1.807) is 0 Å². The first-order valence-electron chi connectivity index (χ1n) is 24.1. The highest BCUT2D eigenvalue weighted by Crippen LogP contribution is 2.51. The van der Waals surface area contributed by atoms with Crippen molar-refractivity contribution in [2.75, 3.05) is 0 Å². The van der Waals surface area contributed by atoms with Gasteiger partial charge in [0.05, 0.1) is 0 Å². The van der Waals surface area contributed by atoms with Gasteiger partial charge >= 0.3 is 0 Å². The molecule has 326 valence electrons. The van der Waals surface area contributed by atoms with Crippen LogP contribution in [0.5, 0.6) is 0 Å². The first-order valence-corrected chi connectivity index (χ1v) is 24.1. The van der Waals surface area contributed by atoms with E-state index in [2.05, 4.69) is 241 Å². The Morgan fingerprint density at radius 1 is 0.197 bits per heavy atom. The van der Waals surface area contributed by atoms with E-state index in [9.17, 15) is 0 Å². The molecule has 0 bridgehead atoms. The smallest absolute Gasteiger partial charge is 0.00139 e. The summed E-state index contributed by atoms with van der Waals surface area (Å²) >= 11 is 0. The fourth-order valence-corrected chi connectivity index (χ4v) is 10.9. The van der Waals surface area contributed by atoms with Crippen molar-refractivity contribution >= 4 is 64.6 Å². The van der Waals surface area contributed by atoms with Crippen molar-refractivity contribution < 1.29 is 0 Å². The van der Waals surface area contributed by atoms with Crippen LogP contribution in [0.3, 0.4) is 0 Å². The van der Waals surface area contributed by atoms with Gasteiger partial charge in [0.2, 0.25) is 0 Å². The van der Waals surface area contributed by atoms with E-state index in [4.69, 9.17) is 0 Å². The van der Waals surface area contributed by atoms with Crippen molar-refractivity contribution in [3.05, 3.63) is 180 Å². The van der Waals surface area contributed by atoms with Crippen molar-refractivity contribution in [2.45, 2.75) is 105 Å². The van der Waals surface area contributed by atoms with Crippen molar-refractivity contribution in [2.24, 2.45) is 0 Å². The first-order chi connectivity index (χ1) is 31.3. The van der Waals surface area contributed by atoms with E-state index in [0.717, 1.165) is 0 Å². The molecule has 0 saturated carbocycles. The summed E-state index contributed by atoms with van der Waals surface area (Å²) in [6, 6.07) is 61.7. The number of hydrogen-bond donors (Lipinski definition) is 0. The zero-order chi connectivity index (χ0) is 46.2. The van der Waals surface area contributed by atoms with Crippen LogP contribution in [-0.2, 0) is 21.7 Å². The predicted octanol–water partition coefficient (Wildman–Crippen LogP) is 19.3. The van der Waals surface area contributed by atoms with Gasteiger partial charge in [-0.05, 0) is 165 Å². The summed E-state index contributed by atoms with van der Waals surface area (Å²) in [5.41, 5.74) is 15.8. The maximum Gasteiger partial charge on any atom is -0.00139 e. The third-order valence-corrected chi connectivity index (χ3v) is 14.9. The fourth-order valence-electron chi connectivity index (χ4n) is 10.9. The summed E-state index contributed by atoms with van der Waals surface area (Å²) < 4.78 is 0. The van der Waals surface area contributed by atoms with Crippen molar-refractivity contribution in [1.82, 2.24) is 0 Å². The summed E-state index contributed by atoms with van der Waals surface area (Å²) in [6.07, 6.45) is 0. The second-order valence-electron chi connectivity index (χ2n) is 23.4. The van der Waals surface area contributed by atoms with E-state index in [0.29, 0.717) is 0 Å². The predicted molar refractivity (Wildman–Crippen MR) is 290 cm³/mol. The second-order valence-corrected chi connectivity index (χ2v) is 23.4. The number of rotatable bonds is 4. The minimum absolute atomic E-state index is 0.0798. The molecule has 0 aromatic heterocycles. The second kappa shape index (κ2) is 14.5. The highest BCUT2D eigenvalue weighted by atomic mass is 14.3. The number of fused-ring (bicyclic) bond motifs is 2. The minimum Gasteiger partial charge on any atom is -0.0579 e. The van der Waals surface area contributed by atoms with Gasteiger partial charge in [0.15, 0.2) is 0 Å². The lowest BCUT2D eigenvalue weighted by molar-refractivity contribution is 0.590. The summed E-state index contributed by atoms with van der Waals surface area (Å²) in [6.45, 7) is 27.6. The summed E-state index contributed by atoms with van der Waals surface area (Å²) in [5.74, 6) is 0. The molecule has 11 aromatic rings. The van der Waals surface area contributed by atoms with Gasteiger partial charge in [0.25, 0.3) is 0 Å². The molecular formula is C66H62. The lowest BCUT2D eigenvalue weighted by Gasteiger charge is -2.24. The maximum atomic E-state index is 2.47. The summed E-state index contributed by atoms with van der Waals surface area (Å²) in [4.78, 5) is 0. The molecule has 0 heterocycles. The van der Waals surface area contributed by atoms with Gasteiger partial charge in [-0.3, -0.25) is 0 Å². The zero-order valence-corrected chi connectivity index (χ0v) is 41.0. The van der Waals surface area contributed by atoms with Gasteiger partial charge in [0.1, 0.15) is 0 Å². The van der Waals surface area contributed by atoms with E-state index >= 15 is 0 Å². The summed E-state index contributed by atoms with van der Waals surface area (Å²) in [5, 5.41) is 15.9. The molecule has 0 heteroatoms. The van der Waals surface area contributed by atoms with Crippen molar-refractivity contribution in [1.29, 1.82) is 0 Å². The quantitative estimate of drug-likeness (QED) is 0.122. The maximum absolute atomic E-state index is 2.47. The zero-order valence-electron chi connectivity index (χ0n) is 41.0. The monoisotopic (exact) mass is 854 g/mol. The molecule has 0 fully saturated rings. The molecule has 0 nitrogen and oxygen atoms in total. The Labute approximate surface area is 392 Å². The average Bonchev–Trinajstić information content (AvgIpc) is 3.29. The molecule has 0 spiro atoms. The normalized spacial score (nSPS) is 13.2. The molecule has 0 saturated heterocycles. The molecule has 0 atom stereocenters. The summed E-state index contributed by atoms with van der Waals surface area (Å²) in [7, 11) is 0. The van der Waals surface area contributed by atoms with Gasteiger partial charge < -0.3 is 0 Å². The Kier molecular flexibility index (Phi) is 9.26. The third-order valence-electron chi connectivity index (χ3n) is 14.9. The SMILES string of the molecule is CC(C)(C)c1ccc(-c2cc(-c3ccc(C(C)(C)C)cc3)c3ccc4c5ccc6c(-c7ccc(C(C)(C)C)cc7)cc(-c7ccc(C(C)(C)C)cc7)c7ccc(c8ccc2c3c84)c5c76)cc1. The topological polar surface area (TPSA) is 0 Å². The molecule has 0 aliphatic rings. The van der Waals surface area contributed by atoms with E-state index in [1.165, 1.54) is 131 Å². The van der Waals surface area contributed by atoms with Crippen LogP contribution in [-0.4, -0.2) is 0 Å². The minimum atomic E-state index is 0.0798. The Balaban J connectivity index is 1.23. The molecule has 11 rings (SSSR count). The van der Waals surface area contributed by atoms with Crippen molar-refractivity contribution in [3.8, 4) is 44.5 Å². The van der Waals surface area contributed by atoms with Crippen LogP contribution in [0.15, 0.2) is 158 Å². The van der Waals surface area contributed by atoms with Gasteiger partial charge in [-0.2, -0.15) is 0 Å². The largest absolute Gasteiger partial charge is 0.0579 e. The van der Waals surface area contributed by atoms with Crippen LogP contribution < -0.4 is 0 Å². The number of benzene rings is 11. The van der Waals surface area contributed by atoms with Crippen LogP contribution in [0.1, 0.15) is 105 Å². The van der Waals surface area contributed by atoms with Gasteiger partial charge in [0, 0.05) is 0 Å². The Morgan fingerprint density at radius 3 is 0.545 bits per heavy atom. The molecule has 0 amide bonds. The highest BCUT2D eigenvalue weighted by Gasteiger charge is 2.25. The van der Waals surface area contributed by atoms with E-state index in [-0.39, 0.29) is 21.7 Å². The number of hydrogen-bond acceptors (Lipinski definition) is 0. The van der Waals surface area contributed by atoms with Crippen LogP contribution >= 0.6 is 0 Å². The lowest BCUT2D eigenvalue weighted by atomic mass is 9.79. The van der Waals surface area contributed by atoms with Crippen molar-refractivity contribution in [3.63, 3.8) is 0 Å². The molecule has 0 unspecified atom stereocenters. The van der Waals surface area contributed by atoms with Gasteiger partial charge in [-0.1, -0.05) is 229 Å². The van der Waals surface area contributed by atoms with Gasteiger partial charge in [-0.25, -0.2) is 0 Å². The van der Waals surface area contributed by atoms with Crippen LogP contribution in [0.4, 0.5) is 0 Å². The molecule has 0 radical (unpaired) electrons. The molecule has 66 heavy (non-hydrogen) atoms. The van der Waals surface area contributed by atoms with Crippen LogP contribution in [0.25, 0.3) is 109 Å². The lowest BCUT2D eigenvalue weighted by Crippen LogP contribution is -2.10.